The molecule has 0 fully saturated rings. The molecule has 1 amide bonds. The number of nitrogens with one attached hydrogen (secondary N) is 1. The second-order valence-electron chi connectivity index (χ2n) is 6.64. The zero-order valence-electron chi connectivity index (χ0n) is 16.0. The van der Waals surface area contributed by atoms with Gasteiger partial charge in [0.25, 0.3) is 0 Å². The number of hydrogen-bond acceptors (Lipinski definition) is 5. The number of benzene rings is 2. The van der Waals surface area contributed by atoms with Crippen molar-refractivity contribution in [1.82, 2.24) is 0 Å². The van der Waals surface area contributed by atoms with E-state index in [4.69, 9.17) is 9.47 Å². The molecule has 6 nitrogen and oxygen atoms in total. The van der Waals surface area contributed by atoms with Crippen molar-refractivity contribution in [3.05, 3.63) is 54.1 Å². The summed E-state index contributed by atoms with van der Waals surface area (Å²) in [7, 11) is 3.32. The van der Waals surface area contributed by atoms with Crippen LogP contribution in [0.2, 0.25) is 0 Å². The highest BCUT2D eigenvalue weighted by Crippen LogP contribution is 2.44. The molecule has 1 aliphatic heterocycles. The molecule has 2 unspecified atom stereocenters. The van der Waals surface area contributed by atoms with E-state index in [0.29, 0.717) is 11.4 Å². The van der Waals surface area contributed by atoms with Gasteiger partial charge in [0.2, 0.25) is 5.91 Å². The third kappa shape index (κ3) is 3.12. The number of para-hydroxylation sites is 1. The van der Waals surface area contributed by atoms with Gasteiger partial charge < -0.3 is 19.7 Å². The number of nitrogens with zero attached hydrogens (tertiary/aromatic N) is 1. The lowest BCUT2D eigenvalue weighted by Crippen LogP contribution is -2.53. The summed E-state index contributed by atoms with van der Waals surface area (Å²) in [4.78, 5) is 27.6. The minimum atomic E-state index is -1.09. The standard InChI is InChI=1S/C21H24N2O4/c1-5-27-19(24)18(22-14-10-12-15(26-4)13-11-14)21(2)16-8-6-7-9-17(16)23(3)20(21)25/h6-13,18,22H,5H2,1-4H3. The van der Waals surface area contributed by atoms with Crippen molar-refractivity contribution in [1.29, 1.82) is 0 Å². The van der Waals surface area contributed by atoms with Crippen molar-refractivity contribution >= 4 is 23.3 Å². The quantitative estimate of drug-likeness (QED) is 0.794. The van der Waals surface area contributed by atoms with E-state index >= 15 is 0 Å². The fourth-order valence-corrected chi connectivity index (χ4v) is 3.58. The number of anilines is 2. The summed E-state index contributed by atoms with van der Waals surface area (Å²) >= 11 is 0. The summed E-state index contributed by atoms with van der Waals surface area (Å²) in [5, 5.41) is 3.21. The van der Waals surface area contributed by atoms with Gasteiger partial charge in [0.15, 0.2) is 0 Å². The monoisotopic (exact) mass is 368 g/mol. The van der Waals surface area contributed by atoms with Crippen LogP contribution >= 0.6 is 0 Å². The molecular formula is C21H24N2O4. The molecule has 0 aromatic heterocycles. The lowest BCUT2D eigenvalue weighted by molar-refractivity contribution is -0.147. The highest BCUT2D eigenvalue weighted by atomic mass is 16.5. The average Bonchev–Trinajstić information content (AvgIpc) is 2.89. The van der Waals surface area contributed by atoms with Gasteiger partial charge in [-0.1, -0.05) is 18.2 Å². The van der Waals surface area contributed by atoms with Crippen molar-refractivity contribution in [2.45, 2.75) is 25.3 Å². The molecule has 1 N–H and O–H groups in total. The summed E-state index contributed by atoms with van der Waals surface area (Å²) in [6, 6.07) is 13.9. The molecule has 6 heteroatoms. The van der Waals surface area contributed by atoms with Crippen LogP contribution < -0.4 is 15.0 Å². The minimum Gasteiger partial charge on any atom is -0.497 e. The van der Waals surface area contributed by atoms with E-state index in [1.807, 2.05) is 36.4 Å². The zero-order chi connectivity index (χ0) is 19.6. The third-order valence-corrected chi connectivity index (χ3v) is 5.07. The molecule has 27 heavy (non-hydrogen) atoms. The average molecular weight is 368 g/mol. The van der Waals surface area contributed by atoms with Crippen LogP contribution in [0.3, 0.4) is 0 Å². The number of fused-ring (bicyclic) bond motifs is 1. The molecule has 2 aromatic carbocycles. The Bertz CT molecular complexity index is 850. The first-order valence-electron chi connectivity index (χ1n) is 8.88. The zero-order valence-corrected chi connectivity index (χ0v) is 16.0. The van der Waals surface area contributed by atoms with E-state index in [1.165, 1.54) is 0 Å². The molecule has 0 radical (unpaired) electrons. The minimum absolute atomic E-state index is 0.150. The first-order valence-corrected chi connectivity index (χ1v) is 8.88. The maximum Gasteiger partial charge on any atom is 0.330 e. The number of amides is 1. The molecule has 1 aliphatic rings. The van der Waals surface area contributed by atoms with Gasteiger partial charge in [-0.25, -0.2) is 4.79 Å². The number of carbonyl (C=O) groups is 2. The van der Waals surface area contributed by atoms with Crippen molar-refractivity contribution in [3.8, 4) is 5.75 Å². The van der Waals surface area contributed by atoms with Crippen LogP contribution in [-0.4, -0.2) is 38.7 Å². The fraction of sp³-hybridized carbons (Fsp3) is 0.333. The summed E-state index contributed by atoms with van der Waals surface area (Å²) in [5.74, 6) is 0.0958. The van der Waals surface area contributed by atoms with Gasteiger partial charge in [-0.05, 0) is 49.7 Å². The first-order chi connectivity index (χ1) is 12.9. The Kier molecular flexibility index (Phi) is 5.08. The molecule has 0 spiro atoms. The fourth-order valence-electron chi connectivity index (χ4n) is 3.58. The van der Waals surface area contributed by atoms with E-state index in [1.54, 1.807) is 45.0 Å². The Labute approximate surface area is 159 Å². The molecule has 0 aliphatic carbocycles. The highest BCUT2D eigenvalue weighted by molar-refractivity contribution is 6.11. The number of rotatable bonds is 6. The molecule has 1 heterocycles. The van der Waals surface area contributed by atoms with Gasteiger partial charge in [0.05, 0.1) is 13.7 Å². The Hall–Kier alpha value is -3.02. The second kappa shape index (κ2) is 7.31. The van der Waals surface area contributed by atoms with Crippen LogP contribution in [0.4, 0.5) is 11.4 Å². The summed E-state index contributed by atoms with van der Waals surface area (Å²) < 4.78 is 10.5. The van der Waals surface area contributed by atoms with Gasteiger partial charge in [-0.2, -0.15) is 0 Å². The number of ether oxygens (including phenoxy) is 2. The maximum atomic E-state index is 13.2. The normalized spacial score (nSPS) is 19.4. The predicted molar refractivity (Wildman–Crippen MR) is 104 cm³/mol. The second-order valence-corrected chi connectivity index (χ2v) is 6.64. The van der Waals surface area contributed by atoms with Crippen LogP contribution in [0.1, 0.15) is 19.4 Å². The maximum absolute atomic E-state index is 13.2. The molecular weight excluding hydrogens is 344 g/mol. The Morgan fingerprint density at radius 1 is 1.19 bits per heavy atom. The molecule has 2 aromatic rings. The Balaban J connectivity index is 2.04. The van der Waals surface area contributed by atoms with Crippen LogP contribution in [0.15, 0.2) is 48.5 Å². The summed E-state index contributed by atoms with van der Waals surface area (Å²) in [6.45, 7) is 3.78. The lowest BCUT2D eigenvalue weighted by atomic mass is 9.76. The van der Waals surface area contributed by atoms with Crippen molar-refractivity contribution in [2.75, 3.05) is 31.0 Å². The van der Waals surface area contributed by atoms with E-state index in [9.17, 15) is 9.59 Å². The Morgan fingerprint density at radius 3 is 2.48 bits per heavy atom. The highest BCUT2D eigenvalue weighted by Gasteiger charge is 2.54. The smallest absolute Gasteiger partial charge is 0.330 e. The van der Waals surface area contributed by atoms with E-state index < -0.39 is 17.4 Å². The topological polar surface area (TPSA) is 67.9 Å². The number of methoxy groups -OCH3 is 1. The van der Waals surface area contributed by atoms with Gasteiger partial charge in [0.1, 0.15) is 17.2 Å². The van der Waals surface area contributed by atoms with Crippen LogP contribution in [0, 0.1) is 0 Å². The molecule has 0 saturated heterocycles. The van der Waals surface area contributed by atoms with Gasteiger partial charge in [-0.15, -0.1) is 0 Å². The first kappa shape index (κ1) is 18.8. The third-order valence-electron chi connectivity index (χ3n) is 5.07. The summed E-state index contributed by atoms with van der Waals surface area (Å²) in [6.07, 6.45) is 0. The predicted octanol–water partition coefficient (Wildman–Crippen LogP) is 2.97. The number of hydrogen-bond donors (Lipinski definition) is 1. The SMILES string of the molecule is CCOC(=O)C(Nc1ccc(OC)cc1)C1(C)C(=O)N(C)c2ccccc21. The van der Waals surface area contributed by atoms with Crippen molar-refractivity contribution < 1.29 is 19.1 Å². The lowest BCUT2D eigenvalue weighted by Gasteiger charge is -2.32. The Morgan fingerprint density at radius 2 is 1.85 bits per heavy atom. The molecule has 0 bridgehead atoms. The largest absolute Gasteiger partial charge is 0.497 e. The van der Waals surface area contributed by atoms with Gasteiger partial charge >= 0.3 is 5.97 Å². The number of esters is 1. The number of likely N-dealkylation sites (N-methyl/N-ethyl adjacent to an activating group) is 1. The molecule has 0 saturated carbocycles. The number of carbonyl (C=O) groups excluding carboxylic acids is 2. The van der Waals surface area contributed by atoms with Crippen LogP contribution in [0.5, 0.6) is 5.75 Å². The van der Waals surface area contributed by atoms with E-state index in [0.717, 1.165) is 11.3 Å². The van der Waals surface area contributed by atoms with Crippen LogP contribution in [0.25, 0.3) is 0 Å². The molecule has 142 valence electrons. The summed E-state index contributed by atoms with van der Waals surface area (Å²) in [5.41, 5.74) is 1.22. The van der Waals surface area contributed by atoms with Gasteiger partial charge in [-0.3, -0.25) is 4.79 Å². The van der Waals surface area contributed by atoms with E-state index in [2.05, 4.69) is 5.32 Å². The van der Waals surface area contributed by atoms with Crippen molar-refractivity contribution in [3.63, 3.8) is 0 Å². The molecule has 3 rings (SSSR count). The van der Waals surface area contributed by atoms with Gasteiger partial charge in [0, 0.05) is 18.4 Å². The van der Waals surface area contributed by atoms with E-state index in [-0.39, 0.29) is 12.5 Å². The van der Waals surface area contributed by atoms with Crippen LogP contribution in [-0.2, 0) is 19.7 Å². The van der Waals surface area contributed by atoms with Crippen molar-refractivity contribution in [2.24, 2.45) is 0 Å². The molecule has 2 atom stereocenters.